The Morgan fingerprint density at radius 1 is 1.28 bits per heavy atom. The van der Waals surface area contributed by atoms with E-state index < -0.39 is 0 Å². The summed E-state index contributed by atoms with van der Waals surface area (Å²) in [6.07, 6.45) is 4.74. The number of carbonyl (C=O) groups is 1. The predicted molar refractivity (Wildman–Crippen MR) is 70.1 cm³/mol. The van der Waals surface area contributed by atoms with Gasteiger partial charge in [-0.3, -0.25) is 4.79 Å². The second-order valence-electron chi connectivity index (χ2n) is 3.99. The van der Waals surface area contributed by atoms with Gasteiger partial charge in [-0.25, -0.2) is 4.98 Å². The summed E-state index contributed by atoms with van der Waals surface area (Å²) in [5.41, 5.74) is 1.05. The molecule has 0 atom stereocenters. The summed E-state index contributed by atoms with van der Waals surface area (Å²) in [4.78, 5) is 15.7. The SMILES string of the molecule is Cc1ccc(NC(=O)/C=C/c2ccc(C)o2)nc1. The molecule has 0 radical (unpaired) electrons. The first kappa shape index (κ1) is 12.1. The molecule has 0 fully saturated rings. The Balaban J connectivity index is 1.96. The minimum atomic E-state index is -0.236. The summed E-state index contributed by atoms with van der Waals surface area (Å²) in [7, 11) is 0. The van der Waals surface area contributed by atoms with Gasteiger partial charge < -0.3 is 9.73 Å². The molecule has 0 aliphatic heterocycles. The van der Waals surface area contributed by atoms with Crippen molar-refractivity contribution in [1.29, 1.82) is 0 Å². The van der Waals surface area contributed by atoms with Gasteiger partial charge in [0.15, 0.2) is 0 Å². The van der Waals surface area contributed by atoms with Crippen LogP contribution in [0, 0.1) is 13.8 Å². The molecule has 2 aromatic heterocycles. The van der Waals surface area contributed by atoms with Crippen LogP contribution in [0.1, 0.15) is 17.1 Å². The Morgan fingerprint density at radius 3 is 2.72 bits per heavy atom. The highest BCUT2D eigenvalue weighted by molar-refractivity contribution is 6.01. The Hall–Kier alpha value is -2.36. The molecule has 1 N–H and O–H groups in total. The van der Waals surface area contributed by atoms with Crippen molar-refractivity contribution in [3.63, 3.8) is 0 Å². The third-order valence-corrected chi connectivity index (χ3v) is 2.32. The van der Waals surface area contributed by atoms with E-state index in [-0.39, 0.29) is 5.91 Å². The van der Waals surface area contributed by atoms with Crippen LogP contribution in [0.3, 0.4) is 0 Å². The van der Waals surface area contributed by atoms with Gasteiger partial charge in [0.2, 0.25) is 5.91 Å². The van der Waals surface area contributed by atoms with Crippen molar-refractivity contribution in [2.75, 3.05) is 5.32 Å². The summed E-state index contributed by atoms with van der Waals surface area (Å²) in [6.45, 7) is 3.80. The number of anilines is 1. The topological polar surface area (TPSA) is 55.1 Å². The maximum atomic E-state index is 11.6. The van der Waals surface area contributed by atoms with E-state index in [9.17, 15) is 4.79 Å². The number of hydrogen-bond acceptors (Lipinski definition) is 3. The summed E-state index contributed by atoms with van der Waals surface area (Å²) >= 11 is 0. The normalized spacial score (nSPS) is 10.8. The van der Waals surface area contributed by atoms with Gasteiger partial charge >= 0.3 is 0 Å². The monoisotopic (exact) mass is 242 g/mol. The number of pyridine rings is 1. The third-order valence-electron chi connectivity index (χ3n) is 2.32. The van der Waals surface area contributed by atoms with Crippen molar-refractivity contribution in [2.45, 2.75) is 13.8 Å². The van der Waals surface area contributed by atoms with Crippen molar-refractivity contribution in [3.05, 3.63) is 53.6 Å². The number of nitrogens with one attached hydrogen (secondary N) is 1. The van der Waals surface area contributed by atoms with E-state index in [1.54, 1.807) is 18.3 Å². The standard InChI is InChI=1S/C14H14N2O2/c1-10-3-7-13(15-9-10)16-14(17)8-6-12-5-4-11(2)18-12/h3-9H,1-2H3,(H,15,16,17)/b8-6+. The molecule has 0 aliphatic carbocycles. The van der Waals surface area contributed by atoms with Crippen molar-refractivity contribution in [3.8, 4) is 0 Å². The molecule has 18 heavy (non-hydrogen) atoms. The molecular formula is C14H14N2O2. The molecule has 0 aromatic carbocycles. The van der Waals surface area contributed by atoms with Gasteiger partial charge in [0, 0.05) is 12.3 Å². The van der Waals surface area contributed by atoms with Crippen LogP contribution in [0.4, 0.5) is 5.82 Å². The fraction of sp³-hybridized carbons (Fsp3) is 0.143. The minimum absolute atomic E-state index is 0.236. The summed E-state index contributed by atoms with van der Waals surface area (Å²) in [6, 6.07) is 7.31. The van der Waals surface area contributed by atoms with E-state index in [0.717, 1.165) is 11.3 Å². The van der Waals surface area contributed by atoms with E-state index >= 15 is 0 Å². The quantitative estimate of drug-likeness (QED) is 0.842. The van der Waals surface area contributed by atoms with Crippen LogP contribution < -0.4 is 5.32 Å². The number of aromatic nitrogens is 1. The van der Waals surface area contributed by atoms with Crippen LogP contribution in [0.5, 0.6) is 0 Å². The Kier molecular flexibility index (Phi) is 3.57. The number of hydrogen-bond donors (Lipinski definition) is 1. The van der Waals surface area contributed by atoms with Crippen LogP contribution in [0.25, 0.3) is 6.08 Å². The van der Waals surface area contributed by atoms with E-state index in [2.05, 4.69) is 10.3 Å². The van der Waals surface area contributed by atoms with E-state index in [1.807, 2.05) is 32.0 Å². The van der Waals surface area contributed by atoms with Gasteiger partial charge in [-0.2, -0.15) is 0 Å². The lowest BCUT2D eigenvalue weighted by atomic mass is 10.3. The average molecular weight is 242 g/mol. The van der Waals surface area contributed by atoms with Crippen molar-refractivity contribution >= 4 is 17.8 Å². The van der Waals surface area contributed by atoms with Crippen molar-refractivity contribution in [1.82, 2.24) is 4.98 Å². The first-order chi connectivity index (χ1) is 8.63. The molecule has 2 heterocycles. The zero-order valence-electron chi connectivity index (χ0n) is 10.3. The van der Waals surface area contributed by atoms with E-state index in [4.69, 9.17) is 4.42 Å². The molecule has 0 saturated heterocycles. The number of furan rings is 1. The fourth-order valence-corrected chi connectivity index (χ4v) is 1.41. The number of nitrogens with zero attached hydrogens (tertiary/aromatic N) is 1. The molecule has 0 spiro atoms. The minimum Gasteiger partial charge on any atom is -0.462 e. The first-order valence-corrected chi connectivity index (χ1v) is 5.61. The molecule has 2 rings (SSSR count). The van der Waals surface area contributed by atoms with Gasteiger partial charge in [0.05, 0.1) is 0 Å². The van der Waals surface area contributed by atoms with Crippen LogP contribution in [-0.2, 0) is 4.79 Å². The van der Waals surface area contributed by atoms with Gasteiger partial charge in [-0.15, -0.1) is 0 Å². The van der Waals surface area contributed by atoms with Gasteiger partial charge in [-0.05, 0) is 43.7 Å². The van der Waals surface area contributed by atoms with E-state index in [0.29, 0.717) is 11.6 Å². The molecule has 0 bridgehead atoms. The Bertz CT molecular complexity index is 568. The molecule has 0 unspecified atom stereocenters. The Labute approximate surface area is 105 Å². The number of aryl methyl sites for hydroxylation is 2. The lowest BCUT2D eigenvalue weighted by Gasteiger charge is -2.00. The molecule has 0 aliphatic rings. The van der Waals surface area contributed by atoms with Gasteiger partial charge in [0.1, 0.15) is 17.3 Å². The number of carbonyl (C=O) groups excluding carboxylic acids is 1. The average Bonchev–Trinajstić information content (AvgIpc) is 2.76. The zero-order valence-corrected chi connectivity index (χ0v) is 10.3. The molecule has 2 aromatic rings. The van der Waals surface area contributed by atoms with Crippen molar-refractivity contribution in [2.24, 2.45) is 0 Å². The lowest BCUT2D eigenvalue weighted by Crippen LogP contribution is -2.08. The molecule has 4 nitrogen and oxygen atoms in total. The second kappa shape index (κ2) is 5.31. The van der Waals surface area contributed by atoms with Gasteiger partial charge in [-0.1, -0.05) is 6.07 Å². The van der Waals surface area contributed by atoms with Crippen molar-refractivity contribution < 1.29 is 9.21 Å². The Morgan fingerprint density at radius 2 is 2.11 bits per heavy atom. The zero-order chi connectivity index (χ0) is 13.0. The highest BCUT2D eigenvalue weighted by atomic mass is 16.3. The fourth-order valence-electron chi connectivity index (χ4n) is 1.41. The second-order valence-corrected chi connectivity index (χ2v) is 3.99. The molecule has 0 saturated carbocycles. The number of rotatable bonds is 3. The highest BCUT2D eigenvalue weighted by Gasteiger charge is 1.99. The highest BCUT2D eigenvalue weighted by Crippen LogP contribution is 2.08. The van der Waals surface area contributed by atoms with Gasteiger partial charge in [0.25, 0.3) is 0 Å². The van der Waals surface area contributed by atoms with E-state index in [1.165, 1.54) is 6.08 Å². The molecule has 92 valence electrons. The maximum Gasteiger partial charge on any atom is 0.249 e. The van der Waals surface area contributed by atoms with Crippen LogP contribution in [-0.4, -0.2) is 10.9 Å². The molecule has 1 amide bonds. The summed E-state index contributed by atoms with van der Waals surface area (Å²) in [5, 5.41) is 2.67. The van der Waals surface area contributed by atoms with Crippen LogP contribution in [0.15, 0.2) is 41.0 Å². The summed E-state index contributed by atoms with van der Waals surface area (Å²) < 4.78 is 5.32. The van der Waals surface area contributed by atoms with Crippen LogP contribution >= 0.6 is 0 Å². The first-order valence-electron chi connectivity index (χ1n) is 5.61. The maximum absolute atomic E-state index is 11.6. The predicted octanol–water partition coefficient (Wildman–Crippen LogP) is 2.94. The lowest BCUT2D eigenvalue weighted by molar-refractivity contribution is -0.111. The smallest absolute Gasteiger partial charge is 0.249 e. The summed E-state index contributed by atoms with van der Waals surface area (Å²) in [5.74, 6) is 1.76. The van der Waals surface area contributed by atoms with Crippen LogP contribution in [0.2, 0.25) is 0 Å². The largest absolute Gasteiger partial charge is 0.462 e. The molecule has 4 heteroatoms. The third kappa shape index (κ3) is 3.31. The number of amides is 1. The molecular weight excluding hydrogens is 228 g/mol.